The van der Waals surface area contributed by atoms with Gasteiger partial charge in [-0.3, -0.25) is 9.59 Å². The number of fused-ring (bicyclic) bond motifs is 1. The number of rotatable bonds is 12. The van der Waals surface area contributed by atoms with Crippen molar-refractivity contribution in [3.05, 3.63) is 53.6 Å². The van der Waals surface area contributed by atoms with E-state index in [9.17, 15) is 9.59 Å². The molecule has 1 heterocycles. The molecule has 3 rings (SSSR count). The standard InChI is InChI=1S/C27H36N2O6/c1-17(2)25(26-18(3)22-16-21(34-15-14-33-5)10-11-23(22)35-26)28-20-8-6-19(7-9-20)27(32)29(4)13-12-24(30)31/h6-11,16-18,25-26,28H,12-15H2,1-5H3,(H,30,31). The van der Waals surface area contributed by atoms with E-state index in [0.29, 0.717) is 18.8 Å². The third-order valence-corrected chi connectivity index (χ3v) is 6.33. The summed E-state index contributed by atoms with van der Waals surface area (Å²) in [5, 5.41) is 12.4. The summed E-state index contributed by atoms with van der Waals surface area (Å²) < 4.78 is 17.2. The predicted octanol–water partition coefficient (Wildman–Crippen LogP) is 4.26. The van der Waals surface area contributed by atoms with Crippen LogP contribution < -0.4 is 14.8 Å². The molecule has 1 amide bonds. The normalized spacial score (nSPS) is 17.4. The number of nitrogens with one attached hydrogen (secondary N) is 1. The van der Waals surface area contributed by atoms with Gasteiger partial charge in [0.05, 0.1) is 19.1 Å². The number of carboxylic acid groups (broad SMARTS) is 1. The highest BCUT2D eigenvalue weighted by Crippen LogP contribution is 2.42. The van der Waals surface area contributed by atoms with Crippen molar-refractivity contribution < 1.29 is 28.9 Å². The van der Waals surface area contributed by atoms with Crippen LogP contribution >= 0.6 is 0 Å². The molecule has 3 atom stereocenters. The molecule has 0 saturated carbocycles. The Balaban J connectivity index is 1.68. The molecule has 2 aromatic rings. The first-order valence-corrected chi connectivity index (χ1v) is 12.0. The van der Waals surface area contributed by atoms with Crippen LogP contribution in [0.3, 0.4) is 0 Å². The van der Waals surface area contributed by atoms with E-state index in [4.69, 9.17) is 19.3 Å². The Hall–Kier alpha value is -3.26. The quantitative estimate of drug-likeness (QED) is 0.435. The zero-order valence-corrected chi connectivity index (χ0v) is 21.1. The number of hydrogen-bond donors (Lipinski definition) is 2. The molecule has 3 unspecified atom stereocenters. The van der Waals surface area contributed by atoms with Gasteiger partial charge in [-0.25, -0.2) is 0 Å². The number of ether oxygens (including phenoxy) is 3. The molecule has 1 aliphatic rings. The Morgan fingerprint density at radius 2 is 1.86 bits per heavy atom. The minimum atomic E-state index is -0.927. The lowest BCUT2D eigenvalue weighted by Crippen LogP contribution is -2.42. The summed E-state index contributed by atoms with van der Waals surface area (Å²) >= 11 is 0. The summed E-state index contributed by atoms with van der Waals surface area (Å²) in [6.07, 6.45) is -0.150. The number of amides is 1. The molecule has 0 aliphatic carbocycles. The van der Waals surface area contributed by atoms with Gasteiger partial charge in [0.25, 0.3) is 5.91 Å². The van der Waals surface area contributed by atoms with Gasteiger partial charge < -0.3 is 29.5 Å². The van der Waals surface area contributed by atoms with E-state index < -0.39 is 5.97 Å². The fourth-order valence-electron chi connectivity index (χ4n) is 4.25. The highest BCUT2D eigenvalue weighted by atomic mass is 16.5. The van der Waals surface area contributed by atoms with Crippen LogP contribution in [0.2, 0.25) is 0 Å². The molecule has 35 heavy (non-hydrogen) atoms. The molecule has 0 bridgehead atoms. The minimum Gasteiger partial charge on any atom is -0.491 e. The second-order valence-electron chi connectivity index (χ2n) is 9.27. The molecular formula is C27H36N2O6. The van der Waals surface area contributed by atoms with E-state index in [1.807, 2.05) is 30.3 Å². The molecule has 8 heteroatoms. The van der Waals surface area contributed by atoms with Crippen LogP contribution in [-0.4, -0.2) is 67.9 Å². The molecule has 0 fully saturated rings. The van der Waals surface area contributed by atoms with Crippen LogP contribution in [-0.2, 0) is 9.53 Å². The number of carboxylic acids is 1. The topological polar surface area (TPSA) is 97.3 Å². The van der Waals surface area contributed by atoms with Crippen molar-refractivity contribution >= 4 is 17.6 Å². The molecule has 190 valence electrons. The van der Waals surface area contributed by atoms with Gasteiger partial charge in [0.1, 0.15) is 24.2 Å². The van der Waals surface area contributed by atoms with Crippen molar-refractivity contribution in [3.8, 4) is 11.5 Å². The number of aliphatic carboxylic acids is 1. The number of anilines is 1. The molecule has 8 nitrogen and oxygen atoms in total. The summed E-state index contributed by atoms with van der Waals surface area (Å²) in [4.78, 5) is 24.8. The van der Waals surface area contributed by atoms with E-state index in [-0.39, 0.29) is 42.9 Å². The van der Waals surface area contributed by atoms with Crippen molar-refractivity contribution in [1.29, 1.82) is 0 Å². The fraction of sp³-hybridized carbons (Fsp3) is 0.481. The number of benzene rings is 2. The Kier molecular flexibility index (Phi) is 8.98. The molecule has 0 aromatic heterocycles. The highest BCUT2D eigenvalue weighted by Gasteiger charge is 2.38. The third kappa shape index (κ3) is 6.66. The van der Waals surface area contributed by atoms with E-state index in [0.717, 1.165) is 22.7 Å². The average molecular weight is 485 g/mol. The smallest absolute Gasteiger partial charge is 0.305 e. The first-order chi connectivity index (χ1) is 16.7. The van der Waals surface area contributed by atoms with Gasteiger partial charge >= 0.3 is 5.97 Å². The van der Waals surface area contributed by atoms with Gasteiger partial charge in [0, 0.05) is 43.4 Å². The van der Waals surface area contributed by atoms with Crippen molar-refractivity contribution in [1.82, 2.24) is 4.90 Å². The maximum absolute atomic E-state index is 12.6. The van der Waals surface area contributed by atoms with Crippen molar-refractivity contribution in [2.24, 2.45) is 5.92 Å². The van der Waals surface area contributed by atoms with Gasteiger partial charge in [0.2, 0.25) is 0 Å². The molecular weight excluding hydrogens is 448 g/mol. The Morgan fingerprint density at radius 1 is 1.14 bits per heavy atom. The summed E-state index contributed by atoms with van der Waals surface area (Å²) in [7, 11) is 3.26. The summed E-state index contributed by atoms with van der Waals surface area (Å²) in [6, 6.07) is 13.2. The molecule has 0 saturated heterocycles. The van der Waals surface area contributed by atoms with Crippen LogP contribution in [0.5, 0.6) is 11.5 Å². The van der Waals surface area contributed by atoms with E-state index in [1.165, 1.54) is 4.90 Å². The molecule has 2 aromatic carbocycles. The second kappa shape index (κ2) is 11.9. The predicted molar refractivity (Wildman–Crippen MR) is 135 cm³/mol. The summed E-state index contributed by atoms with van der Waals surface area (Å²) in [6.45, 7) is 7.68. The maximum atomic E-state index is 12.6. The van der Waals surface area contributed by atoms with E-state index in [2.05, 4.69) is 26.1 Å². The van der Waals surface area contributed by atoms with Crippen LogP contribution in [0.15, 0.2) is 42.5 Å². The fourth-order valence-corrected chi connectivity index (χ4v) is 4.25. The molecule has 0 spiro atoms. The Morgan fingerprint density at radius 3 is 2.49 bits per heavy atom. The van der Waals surface area contributed by atoms with Gasteiger partial charge in [0.15, 0.2) is 0 Å². The van der Waals surface area contributed by atoms with Crippen molar-refractivity contribution in [2.45, 2.75) is 45.3 Å². The number of nitrogens with zero attached hydrogens (tertiary/aromatic N) is 1. The van der Waals surface area contributed by atoms with Gasteiger partial charge in [-0.1, -0.05) is 20.8 Å². The zero-order chi connectivity index (χ0) is 25.5. The van der Waals surface area contributed by atoms with Crippen molar-refractivity contribution in [2.75, 3.05) is 39.2 Å². The Bertz CT molecular complexity index is 1010. The number of carbonyl (C=O) groups is 2. The summed E-state index contributed by atoms with van der Waals surface area (Å²) in [5.74, 6) is 1.00. The minimum absolute atomic E-state index is 0.0371. The molecule has 1 aliphatic heterocycles. The number of hydrogen-bond acceptors (Lipinski definition) is 6. The first kappa shape index (κ1) is 26.3. The zero-order valence-electron chi connectivity index (χ0n) is 21.1. The summed E-state index contributed by atoms with van der Waals surface area (Å²) in [5.41, 5.74) is 2.54. The molecule has 0 radical (unpaired) electrons. The van der Waals surface area contributed by atoms with Crippen molar-refractivity contribution in [3.63, 3.8) is 0 Å². The number of carbonyl (C=O) groups excluding carboxylic acids is 1. The van der Waals surface area contributed by atoms with E-state index in [1.54, 1.807) is 26.3 Å². The lowest BCUT2D eigenvalue weighted by atomic mass is 9.87. The lowest BCUT2D eigenvalue weighted by Gasteiger charge is -2.31. The lowest BCUT2D eigenvalue weighted by molar-refractivity contribution is -0.137. The highest BCUT2D eigenvalue weighted by molar-refractivity contribution is 5.94. The monoisotopic (exact) mass is 484 g/mol. The largest absolute Gasteiger partial charge is 0.491 e. The van der Waals surface area contributed by atoms with Crippen LogP contribution in [0.4, 0.5) is 5.69 Å². The van der Waals surface area contributed by atoms with E-state index >= 15 is 0 Å². The number of methoxy groups -OCH3 is 1. The second-order valence-corrected chi connectivity index (χ2v) is 9.27. The molecule has 2 N–H and O–H groups in total. The first-order valence-electron chi connectivity index (χ1n) is 12.0. The average Bonchev–Trinajstić information content (AvgIpc) is 3.16. The SMILES string of the molecule is COCCOc1ccc2c(c1)C(C)C(C(Nc1ccc(C(=O)N(C)CCC(=O)O)cc1)C(C)C)O2. The maximum Gasteiger partial charge on any atom is 0.305 e. The van der Waals surface area contributed by atoms with Gasteiger partial charge in [-0.15, -0.1) is 0 Å². The van der Waals surface area contributed by atoms with Crippen LogP contribution in [0, 0.1) is 5.92 Å². The third-order valence-electron chi connectivity index (χ3n) is 6.33. The van der Waals surface area contributed by atoms with Gasteiger partial charge in [-0.2, -0.15) is 0 Å². The Labute approximate surface area is 207 Å². The van der Waals surface area contributed by atoms with Crippen LogP contribution in [0.1, 0.15) is 49.0 Å². The van der Waals surface area contributed by atoms with Gasteiger partial charge in [-0.05, 0) is 48.4 Å². The van der Waals surface area contributed by atoms with Crippen LogP contribution in [0.25, 0.3) is 0 Å².